The van der Waals surface area contributed by atoms with Crippen LogP contribution in [0.5, 0.6) is 11.5 Å². The number of nitrogens with zero attached hydrogens (tertiary/aromatic N) is 1. The van der Waals surface area contributed by atoms with Gasteiger partial charge in [0.2, 0.25) is 0 Å². The zero-order valence-electron chi connectivity index (χ0n) is 7.52. The van der Waals surface area contributed by atoms with Crippen LogP contribution in [0, 0.1) is 10.1 Å². The van der Waals surface area contributed by atoms with Gasteiger partial charge < -0.3 is 9.47 Å². The molecular formula is C8H4F3NO4. The van der Waals surface area contributed by atoms with Crippen molar-refractivity contribution in [3.63, 3.8) is 0 Å². The standard InChI is InChI=1S/C8H4F3NO4/c9-7-8(10,11)16-6-3-4(12(13)14)1-2-5(6)15-7/h1-3,7H. The SMILES string of the molecule is O=[N+]([O-])c1ccc2c(c1)OC(F)(F)C(F)O2. The zero-order valence-corrected chi connectivity index (χ0v) is 7.52. The number of nitro groups is 1. The summed E-state index contributed by atoms with van der Waals surface area (Å²) in [5.74, 6) is -0.864. The Balaban J connectivity index is 2.42. The first kappa shape index (κ1) is 10.5. The van der Waals surface area contributed by atoms with Gasteiger partial charge in [0.05, 0.1) is 11.0 Å². The van der Waals surface area contributed by atoms with Crippen LogP contribution in [0.3, 0.4) is 0 Å². The topological polar surface area (TPSA) is 61.6 Å². The smallest absolute Gasteiger partial charge is 0.447 e. The van der Waals surface area contributed by atoms with Gasteiger partial charge in [-0.1, -0.05) is 0 Å². The van der Waals surface area contributed by atoms with Crippen LogP contribution in [0.25, 0.3) is 0 Å². The summed E-state index contributed by atoms with van der Waals surface area (Å²) in [6, 6.07) is 2.74. The summed E-state index contributed by atoms with van der Waals surface area (Å²) < 4.78 is 46.3. The second-order valence-corrected chi connectivity index (χ2v) is 2.99. The van der Waals surface area contributed by atoms with Gasteiger partial charge in [-0.2, -0.15) is 13.2 Å². The highest BCUT2D eigenvalue weighted by molar-refractivity contribution is 5.49. The molecule has 8 heteroatoms. The van der Waals surface area contributed by atoms with Crippen molar-refractivity contribution in [1.82, 2.24) is 0 Å². The molecule has 1 atom stereocenters. The Bertz CT molecular complexity index is 451. The van der Waals surface area contributed by atoms with Crippen LogP contribution in [0.1, 0.15) is 0 Å². The van der Waals surface area contributed by atoms with Gasteiger partial charge in [0.15, 0.2) is 11.5 Å². The molecule has 1 aliphatic rings. The molecule has 0 amide bonds. The molecule has 0 spiro atoms. The monoisotopic (exact) mass is 235 g/mol. The van der Waals surface area contributed by atoms with Crippen molar-refractivity contribution in [3.8, 4) is 11.5 Å². The Kier molecular flexibility index (Phi) is 2.14. The normalized spacial score (nSPS) is 21.6. The van der Waals surface area contributed by atoms with E-state index in [1.807, 2.05) is 0 Å². The van der Waals surface area contributed by atoms with Crippen molar-refractivity contribution in [2.75, 3.05) is 0 Å². The minimum absolute atomic E-state index is 0.302. The lowest BCUT2D eigenvalue weighted by Crippen LogP contribution is -2.43. The van der Waals surface area contributed by atoms with Gasteiger partial charge in [0.25, 0.3) is 5.69 Å². The number of fused-ring (bicyclic) bond motifs is 1. The molecule has 0 bridgehead atoms. The maximum Gasteiger partial charge on any atom is 0.468 e. The van der Waals surface area contributed by atoms with Crippen molar-refractivity contribution in [2.45, 2.75) is 12.5 Å². The van der Waals surface area contributed by atoms with E-state index in [-0.39, 0.29) is 5.75 Å². The fourth-order valence-electron chi connectivity index (χ4n) is 1.16. The number of halogens is 3. The van der Waals surface area contributed by atoms with E-state index in [2.05, 4.69) is 9.47 Å². The lowest BCUT2D eigenvalue weighted by molar-refractivity contribution is -0.385. The lowest BCUT2D eigenvalue weighted by atomic mass is 10.2. The number of nitro benzene ring substituents is 1. The first-order valence-electron chi connectivity index (χ1n) is 4.06. The lowest BCUT2D eigenvalue weighted by Gasteiger charge is -2.27. The molecular weight excluding hydrogens is 231 g/mol. The summed E-state index contributed by atoms with van der Waals surface area (Å²) in [4.78, 5) is 9.57. The first-order valence-corrected chi connectivity index (χ1v) is 4.06. The zero-order chi connectivity index (χ0) is 11.9. The molecule has 0 fully saturated rings. The summed E-state index contributed by atoms with van der Waals surface area (Å²) in [6.45, 7) is 0. The van der Waals surface area contributed by atoms with Crippen LogP contribution in [0.4, 0.5) is 18.9 Å². The fourth-order valence-corrected chi connectivity index (χ4v) is 1.16. The molecule has 0 aliphatic carbocycles. The summed E-state index contributed by atoms with van der Waals surface area (Å²) >= 11 is 0. The van der Waals surface area contributed by atoms with Gasteiger partial charge in [-0.25, -0.2) is 0 Å². The van der Waals surface area contributed by atoms with E-state index >= 15 is 0 Å². The summed E-state index contributed by atoms with van der Waals surface area (Å²) in [5, 5.41) is 10.4. The van der Waals surface area contributed by atoms with E-state index in [1.54, 1.807) is 0 Å². The highest BCUT2D eigenvalue weighted by Crippen LogP contribution is 2.41. The predicted octanol–water partition coefficient (Wildman–Crippen LogP) is 2.25. The molecule has 16 heavy (non-hydrogen) atoms. The number of rotatable bonds is 1. The Labute approximate surface area is 86.5 Å². The van der Waals surface area contributed by atoms with Crippen molar-refractivity contribution in [2.24, 2.45) is 0 Å². The van der Waals surface area contributed by atoms with Gasteiger partial charge in [-0.15, -0.1) is 0 Å². The van der Waals surface area contributed by atoms with Gasteiger partial charge in [0.1, 0.15) is 0 Å². The summed E-state index contributed by atoms with van der Waals surface area (Å²) in [7, 11) is 0. The van der Waals surface area contributed by atoms with Crippen molar-refractivity contribution >= 4 is 5.69 Å². The van der Waals surface area contributed by atoms with E-state index in [1.165, 1.54) is 0 Å². The maximum atomic E-state index is 12.7. The van der Waals surface area contributed by atoms with Crippen LogP contribution < -0.4 is 9.47 Å². The minimum atomic E-state index is -4.15. The maximum absolute atomic E-state index is 12.7. The average molecular weight is 235 g/mol. The Morgan fingerprint density at radius 3 is 2.69 bits per heavy atom. The number of alkyl halides is 3. The third-order valence-corrected chi connectivity index (χ3v) is 1.88. The van der Waals surface area contributed by atoms with Crippen LogP contribution in [0.2, 0.25) is 0 Å². The predicted molar refractivity (Wildman–Crippen MR) is 44.2 cm³/mol. The molecule has 1 aromatic rings. The molecule has 0 N–H and O–H groups in total. The van der Waals surface area contributed by atoms with Crippen LogP contribution >= 0.6 is 0 Å². The third-order valence-electron chi connectivity index (χ3n) is 1.88. The fraction of sp³-hybridized carbons (Fsp3) is 0.250. The van der Waals surface area contributed by atoms with E-state index in [9.17, 15) is 23.3 Å². The molecule has 0 aromatic heterocycles. The van der Waals surface area contributed by atoms with Crippen molar-refractivity contribution < 1.29 is 27.6 Å². The Morgan fingerprint density at radius 1 is 1.38 bits per heavy atom. The molecule has 1 aromatic carbocycles. The second kappa shape index (κ2) is 3.26. The largest absolute Gasteiger partial charge is 0.468 e. The van der Waals surface area contributed by atoms with E-state index in [4.69, 9.17) is 0 Å². The molecule has 2 rings (SSSR count). The Hall–Kier alpha value is -1.99. The summed E-state index contributed by atoms with van der Waals surface area (Å²) in [5.41, 5.74) is -0.449. The van der Waals surface area contributed by atoms with Crippen molar-refractivity contribution in [3.05, 3.63) is 28.3 Å². The molecule has 0 saturated heterocycles. The number of benzene rings is 1. The quantitative estimate of drug-likeness (QED) is 0.553. The van der Waals surface area contributed by atoms with Crippen molar-refractivity contribution in [1.29, 1.82) is 0 Å². The third kappa shape index (κ3) is 1.62. The number of non-ortho nitro benzene ring substituents is 1. The number of ether oxygens (including phenoxy) is 2. The van der Waals surface area contributed by atoms with E-state index in [0.717, 1.165) is 18.2 Å². The number of hydrogen-bond donors (Lipinski definition) is 0. The van der Waals surface area contributed by atoms with Crippen LogP contribution in [-0.2, 0) is 0 Å². The van der Waals surface area contributed by atoms with Gasteiger partial charge in [-0.3, -0.25) is 10.1 Å². The Morgan fingerprint density at radius 2 is 2.06 bits per heavy atom. The number of hydrogen-bond acceptors (Lipinski definition) is 4. The molecule has 1 aliphatic heterocycles. The summed E-state index contributed by atoms with van der Waals surface area (Å²) in [6.07, 6.45) is -7.08. The second-order valence-electron chi connectivity index (χ2n) is 2.99. The van der Waals surface area contributed by atoms with Crippen LogP contribution in [0.15, 0.2) is 18.2 Å². The molecule has 5 nitrogen and oxygen atoms in total. The average Bonchev–Trinajstić information content (AvgIpc) is 2.18. The molecule has 86 valence electrons. The van der Waals surface area contributed by atoms with E-state index < -0.39 is 28.8 Å². The highest BCUT2D eigenvalue weighted by Gasteiger charge is 2.49. The molecule has 0 saturated carbocycles. The van der Waals surface area contributed by atoms with Gasteiger partial charge >= 0.3 is 12.5 Å². The van der Waals surface area contributed by atoms with E-state index in [0.29, 0.717) is 0 Å². The minimum Gasteiger partial charge on any atom is -0.447 e. The van der Waals surface area contributed by atoms with Gasteiger partial charge in [0, 0.05) is 6.07 Å². The molecule has 0 radical (unpaired) electrons. The van der Waals surface area contributed by atoms with Crippen LogP contribution in [-0.4, -0.2) is 17.4 Å². The highest BCUT2D eigenvalue weighted by atomic mass is 19.3. The molecule has 1 unspecified atom stereocenters. The van der Waals surface area contributed by atoms with Gasteiger partial charge in [-0.05, 0) is 6.07 Å². The first-order chi connectivity index (χ1) is 7.40. The molecule has 1 heterocycles.